The van der Waals surface area contributed by atoms with Crippen LogP contribution in [0.4, 0.5) is 5.69 Å². The lowest BCUT2D eigenvalue weighted by molar-refractivity contribution is -0.119. The fraction of sp³-hybridized carbons (Fsp3) is 0.429. The van der Waals surface area contributed by atoms with Crippen LogP contribution in [-0.4, -0.2) is 26.9 Å². The fourth-order valence-electron chi connectivity index (χ4n) is 4.54. The van der Waals surface area contributed by atoms with Gasteiger partial charge in [0, 0.05) is 16.6 Å². The summed E-state index contributed by atoms with van der Waals surface area (Å²) in [6, 6.07) is 8.02. The van der Waals surface area contributed by atoms with Gasteiger partial charge < -0.3 is 4.90 Å². The molecule has 3 aromatic rings. The average Bonchev–Trinajstić information content (AvgIpc) is 3.20. The highest BCUT2D eigenvalue weighted by Gasteiger charge is 2.31. The van der Waals surface area contributed by atoms with E-state index in [1.54, 1.807) is 16.2 Å². The van der Waals surface area contributed by atoms with E-state index in [9.17, 15) is 9.59 Å². The number of amides is 1. The largest absolute Gasteiger partial charge is 0.307 e. The van der Waals surface area contributed by atoms with Crippen molar-refractivity contribution in [2.24, 2.45) is 5.92 Å². The van der Waals surface area contributed by atoms with Crippen LogP contribution in [0.15, 0.2) is 29.1 Å². The Balaban J connectivity index is 1.50. The number of hydrogen-bond acceptors (Lipinski definition) is 5. The van der Waals surface area contributed by atoms with Gasteiger partial charge in [-0.05, 0) is 55.7 Å². The van der Waals surface area contributed by atoms with Gasteiger partial charge in [0.25, 0.3) is 5.56 Å². The number of fused-ring (bicyclic) bond motifs is 4. The maximum absolute atomic E-state index is 13.1. The first-order valence-electron chi connectivity index (χ1n) is 9.81. The Kier molecular flexibility index (Phi) is 4.08. The van der Waals surface area contributed by atoms with Crippen molar-refractivity contribution in [1.29, 1.82) is 0 Å². The van der Waals surface area contributed by atoms with Gasteiger partial charge in [-0.3, -0.25) is 9.59 Å². The lowest BCUT2D eigenvalue weighted by atomic mass is 9.89. The molecule has 6 nitrogen and oxygen atoms in total. The van der Waals surface area contributed by atoms with E-state index in [4.69, 9.17) is 0 Å². The molecule has 7 heteroatoms. The molecule has 0 saturated heterocycles. The van der Waals surface area contributed by atoms with Crippen molar-refractivity contribution < 1.29 is 4.79 Å². The monoisotopic (exact) mass is 394 g/mol. The minimum atomic E-state index is -0.189. The van der Waals surface area contributed by atoms with Crippen LogP contribution < -0.4 is 10.5 Å². The average molecular weight is 395 g/mol. The molecule has 144 valence electrons. The first-order valence-corrected chi connectivity index (χ1v) is 10.6. The number of carbonyl (C=O) groups is 1. The van der Waals surface area contributed by atoms with Crippen molar-refractivity contribution >= 4 is 33.1 Å². The number of anilines is 1. The van der Waals surface area contributed by atoms with Gasteiger partial charge in [0.2, 0.25) is 5.91 Å². The highest BCUT2D eigenvalue weighted by atomic mass is 32.1. The molecule has 0 N–H and O–H groups in total. The Morgan fingerprint density at radius 2 is 2.07 bits per heavy atom. The number of aromatic nitrogens is 3. The molecule has 2 aliphatic rings. The predicted molar refractivity (Wildman–Crippen MR) is 110 cm³/mol. The van der Waals surface area contributed by atoms with Gasteiger partial charge in [0.15, 0.2) is 4.83 Å². The molecule has 0 spiro atoms. The smallest absolute Gasteiger partial charge is 0.279 e. The van der Waals surface area contributed by atoms with Crippen molar-refractivity contribution in [2.45, 2.75) is 52.1 Å². The van der Waals surface area contributed by atoms with Gasteiger partial charge in [-0.1, -0.05) is 30.3 Å². The summed E-state index contributed by atoms with van der Waals surface area (Å²) in [5.41, 5.74) is 3.03. The second-order valence-electron chi connectivity index (χ2n) is 8.03. The lowest BCUT2D eigenvalue weighted by Gasteiger charge is -2.22. The zero-order valence-corrected chi connectivity index (χ0v) is 16.8. The Hall–Kier alpha value is -2.54. The predicted octanol–water partition coefficient (Wildman–Crippen LogP) is 2.96. The van der Waals surface area contributed by atoms with Gasteiger partial charge in [0.1, 0.15) is 6.54 Å². The Morgan fingerprint density at radius 3 is 2.93 bits per heavy atom. The van der Waals surface area contributed by atoms with E-state index >= 15 is 0 Å². The molecule has 0 bridgehead atoms. The van der Waals surface area contributed by atoms with Crippen molar-refractivity contribution in [3.63, 3.8) is 0 Å². The molecule has 1 aliphatic carbocycles. The number of para-hydroxylation sites is 1. The summed E-state index contributed by atoms with van der Waals surface area (Å²) in [5, 5.41) is 9.03. The molecular formula is C21H22N4O2S. The summed E-state index contributed by atoms with van der Waals surface area (Å²) in [6.07, 6.45) is 3.82. The summed E-state index contributed by atoms with van der Waals surface area (Å²) in [7, 11) is 0. The van der Waals surface area contributed by atoms with Gasteiger partial charge in [-0.15, -0.1) is 16.4 Å². The molecule has 1 aromatic carbocycles. The zero-order chi connectivity index (χ0) is 19.4. The summed E-state index contributed by atoms with van der Waals surface area (Å²) >= 11 is 1.58. The minimum Gasteiger partial charge on any atom is -0.307 e. The third-order valence-electron chi connectivity index (χ3n) is 5.95. The van der Waals surface area contributed by atoms with Crippen molar-refractivity contribution in [3.8, 4) is 0 Å². The van der Waals surface area contributed by atoms with Crippen molar-refractivity contribution in [2.75, 3.05) is 4.90 Å². The third-order valence-corrected chi connectivity index (χ3v) is 7.08. The Morgan fingerprint density at radius 1 is 1.25 bits per heavy atom. The Bertz CT molecular complexity index is 1150. The van der Waals surface area contributed by atoms with Crippen molar-refractivity contribution in [3.05, 3.63) is 50.6 Å². The summed E-state index contributed by atoms with van der Waals surface area (Å²) in [4.78, 5) is 29.9. The summed E-state index contributed by atoms with van der Waals surface area (Å²) in [6.45, 7) is 4.19. The van der Waals surface area contributed by atoms with Crippen LogP contribution in [0.25, 0.3) is 10.2 Å². The molecule has 0 fully saturated rings. The van der Waals surface area contributed by atoms with Crippen LogP contribution >= 0.6 is 11.3 Å². The lowest BCUT2D eigenvalue weighted by Crippen LogP contribution is -2.40. The van der Waals surface area contributed by atoms with E-state index in [1.165, 1.54) is 15.1 Å². The highest BCUT2D eigenvalue weighted by Crippen LogP contribution is 2.35. The zero-order valence-electron chi connectivity index (χ0n) is 16.0. The van der Waals surface area contributed by atoms with Gasteiger partial charge in [-0.25, -0.2) is 4.68 Å². The quantitative estimate of drug-likeness (QED) is 0.670. The number of aryl methyl sites for hydroxylation is 1. The van der Waals surface area contributed by atoms with E-state index in [1.807, 2.05) is 25.1 Å². The molecule has 1 aliphatic heterocycles. The molecule has 1 amide bonds. The van der Waals surface area contributed by atoms with Crippen LogP contribution in [0.1, 0.15) is 36.3 Å². The van der Waals surface area contributed by atoms with Crippen LogP contribution in [0.3, 0.4) is 0 Å². The molecule has 2 aromatic heterocycles. The minimum absolute atomic E-state index is 0.0766. The molecule has 2 atom stereocenters. The maximum atomic E-state index is 13.1. The normalized spacial score (nSPS) is 21.0. The molecule has 0 saturated carbocycles. The summed E-state index contributed by atoms with van der Waals surface area (Å²) < 4.78 is 1.24. The molecule has 5 rings (SSSR count). The fourth-order valence-corrected chi connectivity index (χ4v) is 5.86. The second kappa shape index (κ2) is 6.51. The van der Waals surface area contributed by atoms with E-state index < -0.39 is 0 Å². The van der Waals surface area contributed by atoms with Crippen LogP contribution in [-0.2, 0) is 30.6 Å². The van der Waals surface area contributed by atoms with Crippen LogP contribution in [0.5, 0.6) is 0 Å². The molecule has 28 heavy (non-hydrogen) atoms. The second-order valence-corrected chi connectivity index (χ2v) is 9.11. The first kappa shape index (κ1) is 17.6. The SMILES string of the molecule is CC1CCc2c(sc3nnn(CC(=O)N4c5ccccc5CC4C)c(=O)c23)C1. The Labute approximate surface area is 166 Å². The van der Waals surface area contributed by atoms with E-state index in [0.29, 0.717) is 16.1 Å². The topological polar surface area (TPSA) is 68.1 Å². The third kappa shape index (κ3) is 2.68. The number of nitrogens with zero attached hydrogens (tertiary/aromatic N) is 4. The summed E-state index contributed by atoms with van der Waals surface area (Å²) in [5.74, 6) is 0.514. The number of hydrogen-bond donors (Lipinski definition) is 0. The van der Waals surface area contributed by atoms with E-state index in [0.717, 1.165) is 36.9 Å². The van der Waals surface area contributed by atoms with E-state index in [-0.39, 0.29) is 24.1 Å². The van der Waals surface area contributed by atoms with Crippen LogP contribution in [0, 0.1) is 5.92 Å². The van der Waals surface area contributed by atoms with Crippen LogP contribution in [0.2, 0.25) is 0 Å². The number of rotatable bonds is 2. The standard InChI is InChI=1S/C21H22N4O2S/c1-12-7-8-15-17(9-12)28-20-19(15)21(27)24(23-22-20)11-18(26)25-13(2)10-14-5-3-4-6-16(14)25/h3-6,12-13H,7-11H2,1-2H3. The van der Waals surface area contributed by atoms with Gasteiger partial charge >= 0.3 is 0 Å². The first-order chi connectivity index (χ1) is 13.5. The van der Waals surface area contributed by atoms with Gasteiger partial charge in [0.05, 0.1) is 5.39 Å². The highest BCUT2D eigenvalue weighted by molar-refractivity contribution is 7.18. The van der Waals surface area contributed by atoms with Gasteiger partial charge in [-0.2, -0.15) is 0 Å². The maximum Gasteiger partial charge on any atom is 0.279 e. The number of carbonyl (C=O) groups excluding carboxylic acids is 1. The number of benzene rings is 1. The molecule has 2 unspecified atom stereocenters. The van der Waals surface area contributed by atoms with Crippen molar-refractivity contribution in [1.82, 2.24) is 15.0 Å². The molecular weight excluding hydrogens is 372 g/mol. The molecule has 3 heterocycles. The van der Waals surface area contributed by atoms with E-state index in [2.05, 4.69) is 23.3 Å². The molecule has 0 radical (unpaired) electrons. The number of thiophene rings is 1.